The number of aromatic nitrogens is 3. The number of pyridine rings is 1. The molecule has 126 valence electrons. The maximum absolute atomic E-state index is 12.3. The maximum Gasteiger partial charge on any atom is 0.252 e. The van der Waals surface area contributed by atoms with E-state index in [1.54, 1.807) is 13.1 Å². The number of nitrogens with one attached hydrogen (secondary N) is 2. The van der Waals surface area contributed by atoms with Crippen LogP contribution >= 0.6 is 0 Å². The van der Waals surface area contributed by atoms with Crippen molar-refractivity contribution >= 4 is 23.3 Å². The third-order valence-corrected chi connectivity index (χ3v) is 3.98. The molecule has 0 unspecified atom stereocenters. The van der Waals surface area contributed by atoms with Crippen LogP contribution in [0.3, 0.4) is 0 Å². The van der Waals surface area contributed by atoms with Crippen molar-refractivity contribution in [2.45, 2.75) is 20.4 Å². The summed E-state index contributed by atoms with van der Waals surface area (Å²) in [6, 6.07) is 3.67. The molecule has 2 aromatic heterocycles. The fourth-order valence-corrected chi connectivity index (χ4v) is 2.66. The van der Waals surface area contributed by atoms with Crippen LogP contribution in [0.2, 0.25) is 0 Å². The molecule has 0 bridgehead atoms. The van der Waals surface area contributed by atoms with Crippen molar-refractivity contribution in [3.05, 3.63) is 35.3 Å². The Kier molecular flexibility index (Phi) is 4.20. The van der Waals surface area contributed by atoms with Gasteiger partial charge in [-0.15, -0.1) is 0 Å². The Labute approximate surface area is 139 Å². The SMILES string of the molecule is Cc1cc(C)n(CCNC(=O)c2cnc3c(c2)N(C)C(=O)CN3)n1. The Morgan fingerprint density at radius 3 is 2.88 bits per heavy atom. The molecule has 0 saturated carbocycles. The predicted molar refractivity (Wildman–Crippen MR) is 90.2 cm³/mol. The van der Waals surface area contributed by atoms with Gasteiger partial charge in [0.1, 0.15) is 5.82 Å². The first kappa shape index (κ1) is 16.0. The lowest BCUT2D eigenvalue weighted by molar-refractivity contribution is -0.116. The molecule has 0 fully saturated rings. The second-order valence-corrected chi connectivity index (χ2v) is 5.80. The number of carbonyl (C=O) groups is 2. The van der Waals surface area contributed by atoms with Gasteiger partial charge in [0, 0.05) is 25.5 Å². The van der Waals surface area contributed by atoms with Gasteiger partial charge in [-0.05, 0) is 26.0 Å². The zero-order valence-electron chi connectivity index (χ0n) is 14.0. The minimum Gasteiger partial charge on any atom is -0.359 e. The monoisotopic (exact) mass is 328 g/mol. The fourth-order valence-electron chi connectivity index (χ4n) is 2.66. The number of nitrogens with zero attached hydrogens (tertiary/aromatic N) is 4. The summed E-state index contributed by atoms with van der Waals surface area (Å²) in [6.45, 7) is 5.20. The summed E-state index contributed by atoms with van der Waals surface area (Å²) in [5.74, 6) is 0.320. The number of amides is 2. The van der Waals surface area contributed by atoms with Gasteiger partial charge < -0.3 is 15.5 Å². The van der Waals surface area contributed by atoms with E-state index in [9.17, 15) is 9.59 Å². The molecule has 2 N–H and O–H groups in total. The summed E-state index contributed by atoms with van der Waals surface area (Å²) in [4.78, 5) is 29.8. The van der Waals surface area contributed by atoms with Crippen molar-refractivity contribution in [1.29, 1.82) is 0 Å². The molecule has 8 nitrogen and oxygen atoms in total. The number of aryl methyl sites for hydroxylation is 2. The molecule has 3 heterocycles. The van der Waals surface area contributed by atoms with E-state index in [1.165, 1.54) is 11.1 Å². The Hall–Kier alpha value is -2.90. The van der Waals surface area contributed by atoms with E-state index in [0.29, 0.717) is 30.2 Å². The topological polar surface area (TPSA) is 92.2 Å². The largest absolute Gasteiger partial charge is 0.359 e. The Balaban J connectivity index is 1.65. The highest BCUT2D eigenvalue weighted by Gasteiger charge is 2.22. The highest BCUT2D eigenvalue weighted by Crippen LogP contribution is 2.26. The molecule has 1 aliphatic rings. The molecule has 0 radical (unpaired) electrons. The van der Waals surface area contributed by atoms with Gasteiger partial charge in [-0.3, -0.25) is 14.3 Å². The van der Waals surface area contributed by atoms with Crippen LogP contribution in [-0.2, 0) is 11.3 Å². The Morgan fingerprint density at radius 2 is 2.17 bits per heavy atom. The molecule has 2 amide bonds. The summed E-state index contributed by atoms with van der Waals surface area (Å²) < 4.78 is 1.86. The third-order valence-electron chi connectivity index (χ3n) is 3.98. The highest BCUT2D eigenvalue weighted by atomic mass is 16.2. The summed E-state index contributed by atoms with van der Waals surface area (Å²) in [7, 11) is 1.67. The predicted octanol–water partition coefficient (Wildman–Crippen LogP) is 0.713. The maximum atomic E-state index is 12.3. The van der Waals surface area contributed by atoms with Gasteiger partial charge in [0.15, 0.2) is 0 Å². The minimum absolute atomic E-state index is 0.0635. The quantitative estimate of drug-likeness (QED) is 0.862. The molecule has 0 aliphatic carbocycles. The first-order chi connectivity index (χ1) is 11.5. The average molecular weight is 328 g/mol. The van der Waals surface area contributed by atoms with Crippen molar-refractivity contribution in [3.8, 4) is 0 Å². The highest BCUT2D eigenvalue weighted by molar-refractivity contribution is 6.03. The van der Waals surface area contributed by atoms with Gasteiger partial charge in [0.2, 0.25) is 5.91 Å². The van der Waals surface area contributed by atoms with E-state index in [1.807, 2.05) is 24.6 Å². The molecule has 24 heavy (non-hydrogen) atoms. The summed E-state index contributed by atoms with van der Waals surface area (Å²) in [5.41, 5.74) is 3.05. The molecule has 0 saturated heterocycles. The molecule has 0 spiro atoms. The van der Waals surface area contributed by atoms with E-state index in [4.69, 9.17) is 0 Å². The van der Waals surface area contributed by atoms with Crippen LogP contribution in [0.15, 0.2) is 18.3 Å². The summed E-state index contributed by atoms with van der Waals surface area (Å²) >= 11 is 0. The number of carbonyl (C=O) groups excluding carboxylic acids is 2. The smallest absolute Gasteiger partial charge is 0.252 e. The Morgan fingerprint density at radius 1 is 1.38 bits per heavy atom. The van der Waals surface area contributed by atoms with E-state index < -0.39 is 0 Å². The molecule has 0 aromatic carbocycles. The molecule has 2 aromatic rings. The fraction of sp³-hybridized carbons (Fsp3) is 0.375. The number of likely N-dealkylation sites (N-methyl/N-ethyl adjacent to an activating group) is 1. The zero-order valence-corrected chi connectivity index (χ0v) is 14.0. The van der Waals surface area contributed by atoms with Crippen LogP contribution < -0.4 is 15.5 Å². The summed E-state index contributed by atoms with van der Waals surface area (Å²) in [6.07, 6.45) is 1.51. The normalized spacial score (nSPS) is 13.5. The van der Waals surface area contributed by atoms with Crippen molar-refractivity contribution in [2.75, 3.05) is 30.4 Å². The van der Waals surface area contributed by atoms with Crippen molar-refractivity contribution in [3.63, 3.8) is 0 Å². The van der Waals surface area contributed by atoms with E-state index >= 15 is 0 Å². The zero-order chi connectivity index (χ0) is 17.3. The van der Waals surface area contributed by atoms with Crippen molar-refractivity contribution in [1.82, 2.24) is 20.1 Å². The van der Waals surface area contributed by atoms with Crippen LogP contribution in [0.4, 0.5) is 11.5 Å². The molecular formula is C16H20N6O2. The van der Waals surface area contributed by atoms with Crippen molar-refractivity contribution in [2.24, 2.45) is 0 Å². The number of hydrogen-bond donors (Lipinski definition) is 2. The van der Waals surface area contributed by atoms with Gasteiger partial charge >= 0.3 is 0 Å². The first-order valence-corrected chi connectivity index (χ1v) is 7.75. The standard InChI is InChI=1S/C16H20N6O2/c1-10-6-11(2)22(20-10)5-4-17-16(24)12-7-13-15(18-8-12)19-9-14(23)21(13)3/h6-8H,4-5,9H2,1-3H3,(H,17,24)(H,18,19). The Bertz CT molecular complexity index is 798. The lowest BCUT2D eigenvalue weighted by Crippen LogP contribution is -2.37. The molecule has 8 heteroatoms. The number of hydrogen-bond acceptors (Lipinski definition) is 5. The van der Waals surface area contributed by atoms with Crippen LogP contribution in [-0.4, -0.2) is 46.7 Å². The first-order valence-electron chi connectivity index (χ1n) is 7.75. The lowest BCUT2D eigenvalue weighted by atomic mass is 10.2. The molecule has 0 atom stereocenters. The van der Waals surface area contributed by atoms with Crippen LogP contribution in [0, 0.1) is 13.8 Å². The average Bonchev–Trinajstić information content (AvgIpc) is 2.88. The lowest BCUT2D eigenvalue weighted by Gasteiger charge is -2.26. The van der Waals surface area contributed by atoms with Crippen LogP contribution in [0.25, 0.3) is 0 Å². The van der Waals surface area contributed by atoms with Crippen molar-refractivity contribution < 1.29 is 9.59 Å². The van der Waals surface area contributed by atoms with Gasteiger partial charge in [-0.2, -0.15) is 5.10 Å². The van der Waals surface area contributed by atoms with E-state index in [-0.39, 0.29) is 18.4 Å². The van der Waals surface area contributed by atoms with E-state index in [2.05, 4.69) is 20.7 Å². The molecular weight excluding hydrogens is 308 g/mol. The number of anilines is 2. The minimum atomic E-state index is -0.224. The number of rotatable bonds is 4. The van der Waals surface area contributed by atoms with Gasteiger partial charge in [0.05, 0.1) is 30.0 Å². The van der Waals surface area contributed by atoms with Gasteiger partial charge in [-0.1, -0.05) is 0 Å². The second kappa shape index (κ2) is 6.31. The molecule has 1 aliphatic heterocycles. The summed E-state index contributed by atoms with van der Waals surface area (Å²) in [5, 5.41) is 10.1. The second-order valence-electron chi connectivity index (χ2n) is 5.80. The van der Waals surface area contributed by atoms with Crippen LogP contribution in [0.1, 0.15) is 21.7 Å². The van der Waals surface area contributed by atoms with Gasteiger partial charge in [-0.25, -0.2) is 4.98 Å². The molecule has 3 rings (SSSR count). The van der Waals surface area contributed by atoms with Gasteiger partial charge in [0.25, 0.3) is 5.91 Å². The third kappa shape index (κ3) is 3.08. The van der Waals surface area contributed by atoms with E-state index in [0.717, 1.165) is 11.4 Å². The van der Waals surface area contributed by atoms with Crippen LogP contribution in [0.5, 0.6) is 0 Å². The number of fused-ring (bicyclic) bond motifs is 1.